The van der Waals surface area contributed by atoms with Gasteiger partial charge < -0.3 is 14.0 Å². The molecule has 4 nitrogen and oxygen atoms in total. The van der Waals surface area contributed by atoms with Crippen LogP contribution in [0.25, 0.3) is 21.8 Å². The van der Waals surface area contributed by atoms with Gasteiger partial charge in [-0.05, 0) is 18.6 Å². The minimum atomic E-state index is 0.785. The Morgan fingerprint density at radius 1 is 1.10 bits per heavy atom. The normalized spacial score (nSPS) is 11.2. The number of methoxy groups -OCH3 is 2. The van der Waals surface area contributed by atoms with Gasteiger partial charge in [0, 0.05) is 7.05 Å². The number of hydrogen-bond acceptors (Lipinski definition) is 3. The summed E-state index contributed by atoms with van der Waals surface area (Å²) in [5.74, 6) is 1.65. The zero-order chi connectivity index (χ0) is 14.3. The van der Waals surface area contributed by atoms with Gasteiger partial charge in [0.1, 0.15) is 11.5 Å². The zero-order valence-electron chi connectivity index (χ0n) is 12.2. The molecule has 0 radical (unpaired) electrons. The molecule has 0 saturated carbocycles. The highest BCUT2D eigenvalue weighted by Gasteiger charge is 2.19. The van der Waals surface area contributed by atoms with Crippen LogP contribution in [0.3, 0.4) is 0 Å². The predicted molar refractivity (Wildman–Crippen MR) is 80.7 cm³/mol. The monoisotopic (exact) mass is 270 g/mol. The number of ether oxygens (including phenoxy) is 2. The van der Waals surface area contributed by atoms with Crippen molar-refractivity contribution < 1.29 is 9.47 Å². The largest absolute Gasteiger partial charge is 0.496 e. The van der Waals surface area contributed by atoms with Crippen LogP contribution in [0.15, 0.2) is 24.4 Å². The molecule has 4 heteroatoms. The SMILES string of the molecule is CCc1ncc(OC)c2c3c(OC)cccc3n(C)c12. The summed E-state index contributed by atoms with van der Waals surface area (Å²) in [6.45, 7) is 2.11. The summed E-state index contributed by atoms with van der Waals surface area (Å²) >= 11 is 0. The predicted octanol–water partition coefficient (Wildman–Crippen LogP) is 3.31. The van der Waals surface area contributed by atoms with Gasteiger partial charge in [0.05, 0.1) is 47.9 Å². The standard InChI is InChI=1S/C16H18N2O2/c1-5-10-16-15(13(20-4)9-17-10)14-11(18(16)2)7-6-8-12(14)19-3/h6-9H,5H2,1-4H3. The molecule has 2 heterocycles. The summed E-state index contributed by atoms with van der Waals surface area (Å²) in [7, 11) is 5.43. The van der Waals surface area contributed by atoms with Crippen molar-refractivity contribution >= 4 is 21.8 Å². The van der Waals surface area contributed by atoms with Crippen molar-refractivity contribution in [3.8, 4) is 11.5 Å². The molecule has 0 aliphatic rings. The van der Waals surface area contributed by atoms with Gasteiger partial charge in [-0.1, -0.05) is 13.0 Å². The average Bonchev–Trinajstić information content (AvgIpc) is 2.80. The molecule has 1 aromatic carbocycles. The fourth-order valence-electron chi connectivity index (χ4n) is 2.88. The van der Waals surface area contributed by atoms with E-state index in [0.29, 0.717) is 0 Å². The highest BCUT2D eigenvalue weighted by molar-refractivity contribution is 6.14. The number of fused-ring (bicyclic) bond motifs is 3. The van der Waals surface area contributed by atoms with E-state index in [-0.39, 0.29) is 0 Å². The summed E-state index contributed by atoms with van der Waals surface area (Å²) in [4.78, 5) is 4.52. The van der Waals surface area contributed by atoms with Gasteiger partial charge in [0.15, 0.2) is 0 Å². The molecule has 20 heavy (non-hydrogen) atoms. The fourth-order valence-corrected chi connectivity index (χ4v) is 2.88. The van der Waals surface area contributed by atoms with E-state index in [1.165, 1.54) is 0 Å². The molecular formula is C16H18N2O2. The smallest absolute Gasteiger partial charge is 0.147 e. The van der Waals surface area contributed by atoms with Gasteiger partial charge >= 0.3 is 0 Å². The first-order valence-electron chi connectivity index (χ1n) is 6.69. The number of hydrogen-bond donors (Lipinski definition) is 0. The van der Waals surface area contributed by atoms with E-state index in [1.54, 1.807) is 20.4 Å². The molecule has 0 N–H and O–H groups in total. The van der Waals surface area contributed by atoms with Crippen LogP contribution in [-0.2, 0) is 13.5 Å². The highest BCUT2D eigenvalue weighted by atomic mass is 16.5. The van der Waals surface area contributed by atoms with Crippen LogP contribution in [0.2, 0.25) is 0 Å². The lowest BCUT2D eigenvalue weighted by Gasteiger charge is -2.07. The molecule has 2 aromatic heterocycles. The molecule has 0 saturated heterocycles. The third-order valence-corrected chi connectivity index (χ3v) is 3.82. The molecule has 0 spiro atoms. The third kappa shape index (κ3) is 1.57. The van der Waals surface area contributed by atoms with Crippen molar-refractivity contribution in [1.82, 2.24) is 9.55 Å². The second kappa shape index (κ2) is 4.71. The minimum absolute atomic E-state index is 0.785. The maximum Gasteiger partial charge on any atom is 0.147 e. The first kappa shape index (κ1) is 12.8. The Labute approximate surface area is 117 Å². The topological polar surface area (TPSA) is 36.3 Å². The average molecular weight is 270 g/mol. The van der Waals surface area contributed by atoms with Crippen LogP contribution in [0, 0.1) is 0 Å². The lowest BCUT2D eigenvalue weighted by atomic mass is 10.1. The van der Waals surface area contributed by atoms with Gasteiger partial charge in [-0.25, -0.2) is 0 Å². The first-order valence-corrected chi connectivity index (χ1v) is 6.69. The van der Waals surface area contributed by atoms with Gasteiger partial charge in [-0.2, -0.15) is 0 Å². The van der Waals surface area contributed by atoms with Crippen molar-refractivity contribution in [2.45, 2.75) is 13.3 Å². The minimum Gasteiger partial charge on any atom is -0.496 e. The summed E-state index contributed by atoms with van der Waals surface area (Å²) in [6.07, 6.45) is 2.68. The van der Waals surface area contributed by atoms with Crippen molar-refractivity contribution in [1.29, 1.82) is 0 Å². The molecule has 3 aromatic rings. The van der Waals surface area contributed by atoms with Gasteiger partial charge in [-0.15, -0.1) is 0 Å². The Kier molecular flexibility index (Phi) is 3.01. The fraction of sp³-hybridized carbons (Fsp3) is 0.312. The van der Waals surface area contributed by atoms with E-state index in [2.05, 4.69) is 29.6 Å². The molecule has 0 fully saturated rings. The number of pyridine rings is 1. The second-order valence-electron chi connectivity index (χ2n) is 4.76. The first-order chi connectivity index (χ1) is 9.72. The number of benzene rings is 1. The van der Waals surface area contributed by atoms with Crippen molar-refractivity contribution in [2.24, 2.45) is 7.05 Å². The molecule has 104 valence electrons. The summed E-state index contributed by atoms with van der Waals surface area (Å²) in [5, 5.41) is 2.16. The Balaban J connectivity index is 2.62. The molecule has 0 amide bonds. The lowest BCUT2D eigenvalue weighted by Crippen LogP contribution is -1.96. The molecule has 0 aliphatic carbocycles. The number of nitrogens with zero attached hydrogens (tertiary/aromatic N) is 2. The molecule has 3 rings (SSSR count). The van der Waals surface area contributed by atoms with Gasteiger partial charge in [0.25, 0.3) is 0 Å². The molecule has 0 aliphatic heterocycles. The maximum atomic E-state index is 5.53. The van der Waals surface area contributed by atoms with Crippen molar-refractivity contribution in [2.75, 3.05) is 14.2 Å². The Morgan fingerprint density at radius 3 is 2.50 bits per heavy atom. The van der Waals surface area contributed by atoms with Gasteiger partial charge in [0.2, 0.25) is 0 Å². The quantitative estimate of drug-likeness (QED) is 0.732. The van der Waals surface area contributed by atoms with E-state index >= 15 is 0 Å². The number of aromatic nitrogens is 2. The Morgan fingerprint density at radius 2 is 1.85 bits per heavy atom. The second-order valence-corrected chi connectivity index (χ2v) is 4.76. The summed E-state index contributed by atoms with van der Waals surface area (Å²) in [5.41, 5.74) is 3.31. The third-order valence-electron chi connectivity index (χ3n) is 3.82. The molecule has 0 atom stereocenters. The zero-order valence-corrected chi connectivity index (χ0v) is 12.2. The van der Waals surface area contributed by atoms with Crippen LogP contribution in [0.1, 0.15) is 12.6 Å². The maximum absolute atomic E-state index is 5.53. The summed E-state index contributed by atoms with van der Waals surface area (Å²) in [6, 6.07) is 6.08. The van der Waals surface area contributed by atoms with E-state index in [1.807, 2.05) is 12.1 Å². The highest BCUT2D eigenvalue weighted by Crippen LogP contribution is 2.40. The summed E-state index contributed by atoms with van der Waals surface area (Å²) < 4.78 is 13.2. The van der Waals surface area contributed by atoms with Crippen LogP contribution < -0.4 is 9.47 Å². The van der Waals surface area contributed by atoms with Crippen LogP contribution >= 0.6 is 0 Å². The van der Waals surface area contributed by atoms with Crippen LogP contribution in [0.4, 0.5) is 0 Å². The van der Waals surface area contributed by atoms with E-state index in [4.69, 9.17) is 9.47 Å². The van der Waals surface area contributed by atoms with Crippen molar-refractivity contribution in [3.63, 3.8) is 0 Å². The Hall–Kier alpha value is -2.23. The molecule has 0 unspecified atom stereocenters. The lowest BCUT2D eigenvalue weighted by molar-refractivity contribution is 0.415. The van der Waals surface area contributed by atoms with E-state index in [9.17, 15) is 0 Å². The van der Waals surface area contributed by atoms with Crippen molar-refractivity contribution in [3.05, 3.63) is 30.1 Å². The number of aryl methyl sites for hydroxylation is 2. The van der Waals surface area contributed by atoms with E-state index < -0.39 is 0 Å². The number of rotatable bonds is 3. The Bertz CT molecular complexity index is 790. The van der Waals surface area contributed by atoms with Gasteiger partial charge in [-0.3, -0.25) is 4.98 Å². The molecule has 0 bridgehead atoms. The van der Waals surface area contributed by atoms with Crippen LogP contribution in [-0.4, -0.2) is 23.8 Å². The van der Waals surface area contributed by atoms with E-state index in [0.717, 1.165) is 45.4 Å². The van der Waals surface area contributed by atoms with Crippen LogP contribution in [0.5, 0.6) is 11.5 Å². The molecular weight excluding hydrogens is 252 g/mol.